The van der Waals surface area contributed by atoms with Crippen molar-refractivity contribution in [3.63, 3.8) is 0 Å². The molecule has 0 aliphatic carbocycles. The van der Waals surface area contributed by atoms with Gasteiger partial charge in [-0.05, 0) is 31.0 Å². The van der Waals surface area contributed by atoms with Gasteiger partial charge in [-0.3, -0.25) is 14.2 Å². The zero-order valence-corrected chi connectivity index (χ0v) is 21.5. The Bertz CT molecular complexity index is 1480. The second kappa shape index (κ2) is 10.4. The van der Waals surface area contributed by atoms with Crippen molar-refractivity contribution in [2.24, 2.45) is 0 Å². The number of benzene rings is 1. The largest absolute Gasteiger partial charge is 0.501 e. The predicted octanol–water partition coefficient (Wildman–Crippen LogP) is 1.38. The van der Waals surface area contributed by atoms with Crippen LogP contribution in [0.4, 0.5) is 9.18 Å². The highest BCUT2D eigenvalue weighted by atomic mass is 19.1. The van der Waals surface area contributed by atoms with Gasteiger partial charge in [-0.1, -0.05) is 6.07 Å². The number of amides is 2. The quantitative estimate of drug-likeness (QED) is 0.499. The third-order valence-corrected chi connectivity index (χ3v) is 7.11. The number of hydrogen-bond donors (Lipinski definition) is 2. The molecule has 2 N–H and O–H groups in total. The summed E-state index contributed by atoms with van der Waals surface area (Å²) in [6.07, 6.45) is 2.04. The Morgan fingerprint density at radius 3 is 2.72 bits per heavy atom. The molecule has 0 bridgehead atoms. The molecule has 2 aliphatic rings. The summed E-state index contributed by atoms with van der Waals surface area (Å²) < 4.78 is 27.8. The highest BCUT2D eigenvalue weighted by Crippen LogP contribution is 2.38. The molecule has 0 unspecified atom stereocenters. The first kappa shape index (κ1) is 26.3. The van der Waals surface area contributed by atoms with Gasteiger partial charge in [0.25, 0.3) is 11.5 Å². The van der Waals surface area contributed by atoms with Gasteiger partial charge >= 0.3 is 6.09 Å². The van der Waals surface area contributed by atoms with Crippen molar-refractivity contribution in [3.8, 4) is 11.4 Å². The molecule has 2 amide bonds. The lowest BCUT2D eigenvalue weighted by atomic mass is 9.89. The second-order valence-electron chi connectivity index (χ2n) is 9.42. The van der Waals surface area contributed by atoms with E-state index in [1.165, 1.54) is 45.8 Å². The van der Waals surface area contributed by atoms with Gasteiger partial charge in [-0.15, -0.1) is 0 Å². The summed E-state index contributed by atoms with van der Waals surface area (Å²) in [6, 6.07) is 4.03. The molecule has 3 aromatic rings. The molecule has 1 spiro atoms. The molecule has 13 nitrogen and oxygen atoms in total. The number of carbonyl (C=O) groups excluding carboxylic acids is 2. The minimum atomic E-state index is -1.02. The van der Waals surface area contributed by atoms with Crippen LogP contribution in [0.3, 0.4) is 0 Å². The van der Waals surface area contributed by atoms with Crippen molar-refractivity contribution in [2.75, 3.05) is 26.8 Å². The van der Waals surface area contributed by atoms with E-state index in [1.54, 1.807) is 6.92 Å². The number of halogens is 1. The molecule has 5 rings (SSSR count). The van der Waals surface area contributed by atoms with Gasteiger partial charge in [0.15, 0.2) is 5.69 Å². The van der Waals surface area contributed by atoms with Crippen molar-refractivity contribution >= 4 is 12.0 Å². The average Bonchev–Trinajstić information content (AvgIpc) is 3.29. The summed E-state index contributed by atoms with van der Waals surface area (Å²) in [7, 11) is 1.31. The van der Waals surface area contributed by atoms with E-state index >= 15 is 0 Å². The van der Waals surface area contributed by atoms with Gasteiger partial charge in [0.05, 0.1) is 12.8 Å². The number of carbonyl (C=O) groups is 2. The van der Waals surface area contributed by atoms with Crippen molar-refractivity contribution in [1.29, 1.82) is 0 Å². The Morgan fingerprint density at radius 1 is 1.26 bits per heavy atom. The molecule has 1 fully saturated rings. The lowest BCUT2D eigenvalue weighted by molar-refractivity contribution is -0.0886. The first-order chi connectivity index (χ1) is 18.7. The number of aromatic nitrogens is 5. The lowest BCUT2D eigenvalue weighted by Gasteiger charge is -2.40. The summed E-state index contributed by atoms with van der Waals surface area (Å²) in [5, 5.41) is 17.5. The van der Waals surface area contributed by atoms with E-state index < -0.39 is 40.4 Å². The van der Waals surface area contributed by atoms with Crippen LogP contribution in [0.2, 0.25) is 0 Å². The number of hydrogen-bond acceptors (Lipinski definition) is 9. The van der Waals surface area contributed by atoms with E-state index in [0.29, 0.717) is 56.0 Å². The second-order valence-corrected chi connectivity index (χ2v) is 9.42. The van der Waals surface area contributed by atoms with Gasteiger partial charge in [0, 0.05) is 45.6 Å². The number of rotatable bonds is 4. The predicted molar refractivity (Wildman–Crippen MR) is 133 cm³/mol. The van der Waals surface area contributed by atoms with E-state index in [9.17, 15) is 23.9 Å². The van der Waals surface area contributed by atoms with E-state index in [1.807, 2.05) is 0 Å². The van der Waals surface area contributed by atoms with Gasteiger partial charge in [0.1, 0.15) is 29.4 Å². The third-order valence-electron chi connectivity index (χ3n) is 7.11. The number of aromatic hydroxyl groups is 1. The fourth-order valence-electron chi connectivity index (χ4n) is 5.04. The summed E-state index contributed by atoms with van der Waals surface area (Å²) >= 11 is 0. The minimum absolute atomic E-state index is 0.0665. The van der Waals surface area contributed by atoms with Crippen LogP contribution in [0.25, 0.3) is 5.69 Å². The molecular weight excluding hydrogens is 513 g/mol. The van der Waals surface area contributed by atoms with Gasteiger partial charge < -0.3 is 24.8 Å². The topological polar surface area (TPSA) is 154 Å². The summed E-state index contributed by atoms with van der Waals surface area (Å²) in [6.45, 7) is 2.86. The van der Waals surface area contributed by atoms with Crippen molar-refractivity contribution in [3.05, 3.63) is 63.6 Å². The molecule has 206 valence electrons. The Morgan fingerprint density at radius 2 is 2.03 bits per heavy atom. The number of piperidine rings is 1. The number of nitrogens with one attached hydrogen (secondary N) is 1. The van der Waals surface area contributed by atoms with Crippen LogP contribution in [-0.4, -0.2) is 73.1 Å². The molecule has 2 aliphatic heterocycles. The highest BCUT2D eigenvalue weighted by molar-refractivity contribution is 5.94. The molecule has 0 radical (unpaired) electrons. The van der Waals surface area contributed by atoms with Crippen LogP contribution < -0.4 is 10.9 Å². The van der Waals surface area contributed by atoms with E-state index in [4.69, 9.17) is 9.47 Å². The van der Waals surface area contributed by atoms with Crippen LogP contribution >= 0.6 is 0 Å². The van der Waals surface area contributed by atoms with Gasteiger partial charge in [0.2, 0.25) is 5.75 Å². The minimum Gasteiger partial charge on any atom is -0.501 e. The molecule has 1 saturated heterocycles. The fourth-order valence-corrected chi connectivity index (χ4v) is 5.04. The number of likely N-dealkylation sites (tertiary alicyclic amines) is 1. The zero-order valence-electron chi connectivity index (χ0n) is 21.5. The Balaban J connectivity index is 1.45. The molecule has 4 heterocycles. The maximum Gasteiger partial charge on any atom is 0.409 e. The van der Waals surface area contributed by atoms with Crippen LogP contribution in [0.1, 0.15) is 47.0 Å². The molecule has 1 aromatic carbocycles. The summed E-state index contributed by atoms with van der Waals surface area (Å²) in [5.74, 6) is -1.29. The SMILES string of the molecule is COC(=O)N1CCC2(CC1)OCCCn1c2nc(C(=O)NCc2ccc(F)cc2-n2ncnc2C)c(O)c1=O. The van der Waals surface area contributed by atoms with Gasteiger partial charge in [-0.25, -0.2) is 23.8 Å². The van der Waals surface area contributed by atoms with Crippen molar-refractivity contribution < 1.29 is 28.6 Å². The Labute approximate surface area is 222 Å². The normalized spacial score (nSPS) is 16.4. The molecule has 14 heteroatoms. The highest BCUT2D eigenvalue weighted by Gasteiger charge is 2.44. The van der Waals surface area contributed by atoms with E-state index in [0.717, 1.165) is 0 Å². The van der Waals surface area contributed by atoms with Crippen LogP contribution in [0.15, 0.2) is 29.3 Å². The number of fused-ring (bicyclic) bond motifs is 2. The van der Waals surface area contributed by atoms with Crippen LogP contribution in [0.5, 0.6) is 5.75 Å². The first-order valence-corrected chi connectivity index (χ1v) is 12.5. The van der Waals surface area contributed by atoms with Crippen molar-refractivity contribution in [1.82, 2.24) is 34.5 Å². The smallest absolute Gasteiger partial charge is 0.409 e. The van der Waals surface area contributed by atoms with Gasteiger partial charge in [-0.2, -0.15) is 5.10 Å². The molecule has 0 saturated carbocycles. The Kier molecular flexibility index (Phi) is 7.04. The third kappa shape index (κ3) is 4.82. The molecular formula is C25H28FN7O6. The maximum absolute atomic E-state index is 14.0. The van der Waals surface area contributed by atoms with E-state index in [-0.39, 0.29) is 18.9 Å². The van der Waals surface area contributed by atoms with E-state index in [2.05, 4.69) is 20.4 Å². The number of methoxy groups -OCH3 is 1. The summed E-state index contributed by atoms with van der Waals surface area (Å²) in [4.78, 5) is 48.5. The average molecular weight is 542 g/mol. The summed E-state index contributed by atoms with van der Waals surface area (Å²) in [5.41, 5.74) is -1.29. The zero-order chi connectivity index (χ0) is 27.7. The number of ether oxygens (including phenoxy) is 2. The number of aryl methyl sites for hydroxylation is 1. The maximum atomic E-state index is 14.0. The van der Waals surface area contributed by atoms with Crippen LogP contribution in [0, 0.1) is 12.7 Å². The monoisotopic (exact) mass is 541 g/mol. The standard InChI is InChI=1S/C25H28FN7O6/c1-15-28-14-29-33(15)18-12-17(26)5-4-16(18)13-27-21(35)19-20(34)22(36)32-8-3-11-39-25(23(32)30-19)6-9-31(10-7-25)24(37)38-2/h4-5,12,14,34H,3,6-11,13H2,1-2H3,(H,27,35). The number of nitrogens with zero attached hydrogens (tertiary/aromatic N) is 6. The molecule has 0 atom stereocenters. The van der Waals surface area contributed by atoms with Crippen LogP contribution in [-0.2, 0) is 28.2 Å². The molecule has 39 heavy (non-hydrogen) atoms. The fraction of sp³-hybridized carbons (Fsp3) is 0.440. The Hall–Kier alpha value is -4.33. The first-order valence-electron chi connectivity index (χ1n) is 12.5. The van der Waals surface area contributed by atoms with Crippen molar-refractivity contribution in [2.45, 2.75) is 44.9 Å². The lowest BCUT2D eigenvalue weighted by Crippen LogP contribution is -2.48. The molecule has 2 aromatic heterocycles.